The van der Waals surface area contributed by atoms with Crippen molar-refractivity contribution < 1.29 is 47.3 Å². The largest absolute Gasteiger partial charge is 0.472 e. The van der Waals surface area contributed by atoms with E-state index in [0.29, 0.717) is 12.8 Å². The normalized spacial score (nSPS) is 36.8. The molecule has 0 radical (unpaired) electrons. The van der Waals surface area contributed by atoms with Gasteiger partial charge in [0.15, 0.2) is 0 Å². The van der Waals surface area contributed by atoms with Crippen molar-refractivity contribution in [1.82, 2.24) is 0 Å². The summed E-state index contributed by atoms with van der Waals surface area (Å²) in [6.07, 6.45) is 3.46. The highest BCUT2D eigenvalue weighted by atomic mass is 16.6. The maximum Gasteiger partial charge on any atom is 0.347 e. The van der Waals surface area contributed by atoms with Crippen LogP contribution in [0, 0.1) is 45.8 Å². The molecule has 234 valence electrons. The Balaban J connectivity index is 1.71. The first kappa shape index (κ1) is 31.0. The summed E-state index contributed by atoms with van der Waals surface area (Å²) in [6, 6.07) is 1.80. The van der Waals surface area contributed by atoms with Crippen LogP contribution in [0.1, 0.15) is 79.4 Å². The average Bonchev–Trinajstić information content (AvgIpc) is 3.46. The molecule has 2 heterocycles. The Labute approximate surface area is 251 Å². The average molecular weight is 599 g/mol. The molecular weight excluding hydrogens is 556 g/mol. The number of carbonyl (C=O) groups excluding carboxylic acids is 5. The third kappa shape index (κ3) is 4.63. The summed E-state index contributed by atoms with van der Waals surface area (Å²) in [5, 5.41) is 0. The van der Waals surface area contributed by atoms with Crippen molar-refractivity contribution in [3.8, 4) is 0 Å². The molecule has 1 aliphatic heterocycles. The van der Waals surface area contributed by atoms with Gasteiger partial charge in [0.25, 0.3) is 0 Å². The van der Waals surface area contributed by atoms with Crippen molar-refractivity contribution in [1.29, 1.82) is 0 Å². The Bertz CT molecular complexity index is 1360. The lowest BCUT2D eigenvalue weighted by Crippen LogP contribution is -2.69. The molecule has 4 aliphatic rings. The number of hydrogen-bond acceptors (Lipinski definition) is 10. The number of fused-ring (bicyclic) bond motifs is 6. The van der Waals surface area contributed by atoms with Crippen LogP contribution < -0.4 is 0 Å². The minimum absolute atomic E-state index is 0.124. The van der Waals surface area contributed by atoms with Gasteiger partial charge in [-0.25, -0.2) is 4.79 Å². The van der Waals surface area contributed by atoms with E-state index in [0.717, 1.165) is 11.1 Å². The van der Waals surface area contributed by atoms with Crippen molar-refractivity contribution in [3.63, 3.8) is 0 Å². The molecule has 1 aromatic heterocycles. The lowest BCUT2D eigenvalue weighted by atomic mass is 9.40. The number of rotatable bonds is 6. The zero-order valence-electron chi connectivity index (χ0n) is 26.1. The number of Topliss-reactive ketones (excluding diaryl/α,β-unsaturated/α-hetero) is 1. The van der Waals surface area contributed by atoms with Gasteiger partial charge >= 0.3 is 23.9 Å². The third-order valence-corrected chi connectivity index (χ3v) is 10.8. The highest BCUT2D eigenvalue weighted by Crippen LogP contribution is 2.68. The molecule has 5 rings (SSSR count). The van der Waals surface area contributed by atoms with Gasteiger partial charge in [0, 0.05) is 34.7 Å². The van der Waals surface area contributed by atoms with Gasteiger partial charge in [-0.15, -0.1) is 0 Å². The molecule has 0 amide bonds. The van der Waals surface area contributed by atoms with Crippen LogP contribution in [0.15, 0.2) is 34.7 Å². The summed E-state index contributed by atoms with van der Waals surface area (Å²) in [5.74, 6) is -5.32. The second-order valence-corrected chi connectivity index (χ2v) is 14.0. The van der Waals surface area contributed by atoms with E-state index in [1.54, 1.807) is 32.4 Å². The Morgan fingerprint density at radius 3 is 2.33 bits per heavy atom. The SMILES string of the molecule is COC(=O)C(OC(C)=O)[C@H]1C(C)(C)[C@H](OC(=O)C(C)C)[C@@H]2C=C3[C@@H]4CC(=O)O[C@@H](c5ccoc5)[C@]4(C)CC[C@@H]3[C@@]1(C)C2=O. The Morgan fingerprint density at radius 2 is 1.74 bits per heavy atom. The fraction of sp³-hybridized carbons (Fsp3) is 0.667. The summed E-state index contributed by atoms with van der Waals surface area (Å²) in [5.41, 5.74) is -1.02. The summed E-state index contributed by atoms with van der Waals surface area (Å²) in [6.45, 7) is 12.3. The van der Waals surface area contributed by atoms with Gasteiger partial charge in [-0.3, -0.25) is 19.2 Å². The summed E-state index contributed by atoms with van der Waals surface area (Å²) < 4.78 is 28.2. The number of ketones is 1. The molecule has 10 nitrogen and oxygen atoms in total. The van der Waals surface area contributed by atoms with Gasteiger partial charge in [0.2, 0.25) is 6.10 Å². The van der Waals surface area contributed by atoms with Crippen molar-refractivity contribution in [2.45, 2.75) is 86.0 Å². The zero-order valence-corrected chi connectivity index (χ0v) is 26.1. The topological polar surface area (TPSA) is 135 Å². The molecule has 3 aliphatic carbocycles. The quantitative estimate of drug-likeness (QED) is 0.256. The number of ether oxygens (including phenoxy) is 4. The number of esters is 4. The van der Waals surface area contributed by atoms with Gasteiger partial charge in [0.05, 0.1) is 37.9 Å². The van der Waals surface area contributed by atoms with Crippen LogP contribution in [0.5, 0.6) is 0 Å². The highest BCUT2D eigenvalue weighted by Gasteiger charge is 2.71. The zero-order chi connectivity index (χ0) is 31.6. The number of allylic oxidation sites excluding steroid dienone is 1. The van der Waals surface area contributed by atoms with Gasteiger partial charge in [0.1, 0.15) is 18.0 Å². The molecule has 2 saturated carbocycles. The Kier molecular flexibility index (Phi) is 7.66. The van der Waals surface area contributed by atoms with Crippen LogP contribution in [0.2, 0.25) is 0 Å². The van der Waals surface area contributed by atoms with E-state index in [1.807, 2.05) is 26.8 Å². The standard InChI is InChI=1S/C33H42O10/c1-16(2)29(37)43-28-20-13-19-21(9-11-32(6)22(19)14-23(35)42-27(32)18-10-12-40-15-18)33(7,26(20)36)25(31(28,4)5)24(30(38)39-8)41-17(3)34/h10,12-13,15-16,20-22,24-25,27-28H,9,11,14H2,1-8H3/t20-,21+,22+,24?,25+,27+,28-,32-,33-/m1/s1. The van der Waals surface area contributed by atoms with Crippen molar-refractivity contribution in [3.05, 3.63) is 35.8 Å². The first-order valence-electron chi connectivity index (χ1n) is 15.0. The fourth-order valence-electron chi connectivity index (χ4n) is 8.88. The molecule has 10 heteroatoms. The Morgan fingerprint density at radius 1 is 1.05 bits per heavy atom. The van der Waals surface area contributed by atoms with Gasteiger partial charge in [-0.2, -0.15) is 0 Å². The maximum absolute atomic E-state index is 14.7. The minimum atomic E-state index is -1.42. The second kappa shape index (κ2) is 10.6. The highest BCUT2D eigenvalue weighted by molar-refractivity contribution is 5.94. The van der Waals surface area contributed by atoms with Gasteiger partial charge < -0.3 is 23.4 Å². The predicted octanol–water partition coefficient (Wildman–Crippen LogP) is 4.76. The van der Waals surface area contributed by atoms with E-state index < -0.39 is 70.2 Å². The molecule has 9 atom stereocenters. The van der Waals surface area contributed by atoms with Crippen molar-refractivity contribution in [2.75, 3.05) is 7.11 Å². The van der Waals surface area contributed by atoms with Crippen LogP contribution in [-0.4, -0.2) is 49.0 Å². The lowest BCUT2D eigenvalue weighted by molar-refractivity contribution is -0.216. The van der Waals surface area contributed by atoms with Crippen LogP contribution >= 0.6 is 0 Å². The molecular formula is C33H42O10. The van der Waals surface area contributed by atoms with Crippen LogP contribution in [0.3, 0.4) is 0 Å². The van der Waals surface area contributed by atoms with E-state index >= 15 is 0 Å². The number of furan rings is 1. The summed E-state index contributed by atoms with van der Waals surface area (Å²) in [7, 11) is 1.21. The van der Waals surface area contributed by atoms with Gasteiger partial charge in [-0.1, -0.05) is 53.2 Å². The number of methoxy groups -OCH3 is 1. The molecule has 0 N–H and O–H groups in total. The van der Waals surface area contributed by atoms with Gasteiger partial charge in [-0.05, 0) is 30.7 Å². The first-order chi connectivity index (χ1) is 20.1. The van der Waals surface area contributed by atoms with E-state index in [-0.39, 0.29) is 30.0 Å². The molecule has 43 heavy (non-hydrogen) atoms. The van der Waals surface area contributed by atoms with Crippen LogP contribution in [0.4, 0.5) is 0 Å². The van der Waals surface area contributed by atoms with Crippen molar-refractivity contribution in [2.24, 2.45) is 45.8 Å². The van der Waals surface area contributed by atoms with Crippen LogP contribution in [-0.2, 0) is 42.9 Å². The summed E-state index contributed by atoms with van der Waals surface area (Å²) >= 11 is 0. The molecule has 1 unspecified atom stereocenters. The van der Waals surface area contributed by atoms with E-state index in [2.05, 4.69) is 6.92 Å². The lowest BCUT2D eigenvalue weighted by Gasteiger charge is -2.64. The smallest absolute Gasteiger partial charge is 0.347 e. The first-order valence-corrected chi connectivity index (χ1v) is 15.0. The number of cyclic esters (lactones) is 1. The molecule has 3 fully saturated rings. The molecule has 0 aromatic carbocycles. The molecule has 1 saturated heterocycles. The number of hydrogen-bond donors (Lipinski definition) is 0. The monoisotopic (exact) mass is 598 g/mol. The minimum Gasteiger partial charge on any atom is -0.472 e. The molecule has 2 bridgehead atoms. The van der Waals surface area contributed by atoms with E-state index in [9.17, 15) is 24.0 Å². The van der Waals surface area contributed by atoms with Crippen molar-refractivity contribution >= 4 is 29.7 Å². The predicted molar refractivity (Wildman–Crippen MR) is 151 cm³/mol. The van der Waals surface area contributed by atoms with E-state index in [4.69, 9.17) is 23.4 Å². The maximum atomic E-state index is 14.7. The fourth-order valence-corrected chi connectivity index (χ4v) is 8.88. The van der Waals surface area contributed by atoms with Crippen LogP contribution in [0.25, 0.3) is 0 Å². The Hall–Kier alpha value is -3.43. The number of carbonyl (C=O) groups is 5. The van der Waals surface area contributed by atoms with E-state index in [1.165, 1.54) is 14.0 Å². The molecule has 1 aromatic rings. The third-order valence-electron chi connectivity index (χ3n) is 10.8. The second-order valence-electron chi connectivity index (χ2n) is 14.0. The summed E-state index contributed by atoms with van der Waals surface area (Å²) in [4.78, 5) is 66.5. The molecule has 0 spiro atoms.